The number of fused-ring (bicyclic) bond motifs is 1. The number of pyridine rings is 2. The Morgan fingerprint density at radius 3 is 2.47 bits per heavy atom. The predicted molar refractivity (Wildman–Crippen MR) is 121 cm³/mol. The van der Waals surface area contributed by atoms with Gasteiger partial charge in [0, 0.05) is 18.5 Å². The molecule has 0 aliphatic carbocycles. The summed E-state index contributed by atoms with van der Waals surface area (Å²) in [6, 6.07) is 19.0. The van der Waals surface area contributed by atoms with Crippen molar-refractivity contribution in [2.24, 2.45) is 0 Å². The molecule has 0 aliphatic rings. The lowest BCUT2D eigenvalue weighted by Gasteiger charge is -2.14. The van der Waals surface area contributed by atoms with Crippen molar-refractivity contribution in [3.05, 3.63) is 117 Å². The fraction of sp³-hybridized carbons (Fsp3) is 0. The molecule has 8 heteroatoms. The molecule has 0 spiro atoms. The molecule has 0 saturated carbocycles. The number of rotatable bonds is 3. The average molecular weight is 445 g/mol. The fourth-order valence-corrected chi connectivity index (χ4v) is 3.61. The van der Waals surface area contributed by atoms with Crippen LogP contribution in [0.3, 0.4) is 0 Å². The second kappa shape index (κ2) is 7.86. The summed E-state index contributed by atoms with van der Waals surface area (Å²) < 4.78 is 17.9. The van der Waals surface area contributed by atoms with Crippen molar-refractivity contribution in [3.8, 4) is 22.9 Å². The lowest BCUT2D eigenvalue weighted by atomic mass is 10.1. The van der Waals surface area contributed by atoms with E-state index in [-0.39, 0.29) is 28.3 Å². The van der Waals surface area contributed by atoms with Gasteiger partial charge in [0.15, 0.2) is 5.82 Å². The summed E-state index contributed by atoms with van der Waals surface area (Å²) in [6.45, 7) is 0. The summed E-state index contributed by atoms with van der Waals surface area (Å²) >= 11 is 5.95. The summed E-state index contributed by atoms with van der Waals surface area (Å²) in [4.78, 5) is 34.2. The molecule has 0 N–H and O–H groups in total. The summed E-state index contributed by atoms with van der Waals surface area (Å²) in [5, 5.41) is 0.779. The van der Waals surface area contributed by atoms with Crippen LogP contribution >= 0.6 is 11.6 Å². The van der Waals surface area contributed by atoms with E-state index in [2.05, 4.69) is 9.97 Å². The van der Waals surface area contributed by atoms with Crippen LogP contribution in [0.2, 0.25) is 5.02 Å². The summed E-state index contributed by atoms with van der Waals surface area (Å²) in [5.41, 5.74) is 0.211. The van der Waals surface area contributed by atoms with Gasteiger partial charge in [0.25, 0.3) is 11.1 Å². The smallest absolute Gasteiger partial charge is 0.267 e. The molecule has 0 bridgehead atoms. The highest BCUT2D eigenvalue weighted by Gasteiger charge is 2.18. The Morgan fingerprint density at radius 2 is 1.72 bits per heavy atom. The Hall–Kier alpha value is -4.10. The van der Waals surface area contributed by atoms with Gasteiger partial charge in [-0.2, -0.15) is 0 Å². The van der Waals surface area contributed by atoms with E-state index >= 15 is 4.39 Å². The third kappa shape index (κ3) is 3.38. The molecule has 2 aromatic carbocycles. The number of aromatic nitrogens is 4. The molecular formula is C24H14ClFN4O2. The van der Waals surface area contributed by atoms with Gasteiger partial charge in [-0.3, -0.25) is 14.2 Å². The molecule has 3 heterocycles. The van der Waals surface area contributed by atoms with E-state index in [4.69, 9.17) is 11.6 Å². The van der Waals surface area contributed by atoms with Crippen molar-refractivity contribution in [1.29, 1.82) is 0 Å². The van der Waals surface area contributed by atoms with Crippen LogP contribution in [0.1, 0.15) is 0 Å². The van der Waals surface area contributed by atoms with Gasteiger partial charge in [-0.05, 0) is 48.5 Å². The van der Waals surface area contributed by atoms with E-state index in [1.807, 2.05) is 0 Å². The first-order valence-electron chi connectivity index (χ1n) is 9.64. The standard InChI is InChI=1S/C24H14ClFN4O2/c25-15-8-11-21(27-14-15)30-23(28-20-6-2-1-5-18(20)24(30)32)17-10-9-16(13-19(17)26)29-12-4-3-7-22(29)31/h1-14H. The van der Waals surface area contributed by atoms with E-state index in [9.17, 15) is 9.59 Å². The van der Waals surface area contributed by atoms with Gasteiger partial charge in [0.1, 0.15) is 11.6 Å². The highest BCUT2D eigenvalue weighted by Crippen LogP contribution is 2.26. The molecule has 0 aliphatic heterocycles. The topological polar surface area (TPSA) is 69.8 Å². The minimum absolute atomic E-state index is 0.0907. The summed E-state index contributed by atoms with van der Waals surface area (Å²) in [6.07, 6.45) is 2.96. The van der Waals surface area contributed by atoms with Gasteiger partial charge in [0.2, 0.25) is 0 Å². The number of nitrogens with zero attached hydrogens (tertiary/aromatic N) is 4. The Morgan fingerprint density at radius 1 is 0.906 bits per heavy atom. The van der Waals surface area contributed by atoms with Crippen molar-refractivity contribution in [3.63, 3.8) is 0 Å². The molecular weight excluding hydrogens is 431 g/mol. The second-order valence-corrected chi connectivity index (χ2v) is 7.44. The number of hydrogen-bond acceptors (Lipinski definition) is 4. The molecule has 6 nitrogen and oxygen atoms in total. The Kier molecular flexibility index (Phi) is 4.88. The molecule has 0 radical (unpaired) electrons. The zero-order chi connectivity index (χ0) is 22.2. The van der Waals surface area contributed by atoms with Crippen molar-refractivity contribution in [1.82, 2.24) is 19.1 Å². The quantitative estimate of drug-likeness (QED) is 0.414. The van der Waals surface area contributed by atoms with Gasteiger partial charge in [-0.15, -0.1) is 0 Å². The first-order valence-corrected chi connectivity index (χ1v) is 10.0. The third-order valence-electron chi connectivity index (χ3n) is 5.01. The lowest BCUT2D eigenvalue weighted by Crippen LogP contribution is -2.23. The Labute approximate surface area is 185 Å². The maximum atomic E-state index is 15.3. The van der Waals surface area contributed by atoms with Gasteiger partial charge in [-0.25, -0.2) is 18.9 Å². The highest BCUT2D eigenvalue weighted by molar-refractivity contribution is 6.30. The Bertz CT molecular complexity index is 1590. The monoisotopic (exact) mass is 444 g/mol. The van der Waals surface area contributed by atoms with Crippen LogP contribution in [0.25, 0.3) is 33.8 Å². The van der Waals surface area contributed by atoms with E-state index in [0.717, 1.165) is 0 Å². The van der Waals surface area contributed by atoms with Gasteiger partial charge >= 0.3 is 0 Å². The molecule has 156 valence electrons. The molecule has 3 aromatic heterocycles. The van der Waals surface area contributed by atoms with Crippen molar-refractivity contribution >= 4 is 22.5 Å². The van der Waals surface area contributed by atoms with E-state index in [1.165, 1.54) is 33.5 Å². The molecule has 5 rings (SSSR count). The molecule has 0 saturated heterocycles. The summed E-state index contributed by atoms with van der Waals surface area (Å²) in [7, 11) is 0. The zero-order valence-corrected chi connectivity index (χ0v) is 17.2. The minimum Gasteiger partial charge on any atom is -0.284 e. The summed E-state index contributed by atoms with van der Waals surface area (Å²) in [5.74, 6) is -0.286. The van der Waals surface area contributed by atoms with Crippen molar-refractivity contribution in [2.45, 2.75) is 0 Å². The third-order valence-corrected chi connectivity index (χ3v) is 5.23. The lowest BCUT2D eigenvalue weighted by molar-refractivity contribution is 0.627. The SMILES string of the molecule is O=c1ccccn1-c1ccc(-c2nc3ccccc3c(=O)n2-c2ccc(Cl)cn2)c(F)c1. The largest absolute Gasteiger partial charge is 0.284 e. The van der Waals surface area contributed by atoms with E-state index < -0.39 is 5.82 Å². The van der Waals surface area contributed by atoms with Crippen LogP contribution in [0, 0.1) is 5.82 Å². The van der Waals surface area contributed by atoms with Crippen LogP contribution in [-0.4, -0.2) is 19.1 Å². The van der Waals surface area contributed by atoms with Crippen LogP contribution < -0.4 is 11.1 Å². The van der Waals surface area contributed by atoms with Crippen LogP contribution in [-0.2, 0) is 0 Å². The maximum Gasteiger partial charge on any atom is 0.267 e. The van der Waals surface area contributed by atoms with E-state index in [1.54, 1.807) is 60.8 Å². The predicted octanol–water partition coefficient (Wildman–Crippen LogP) is 4.39. The van der Waals surface area contributed by atoms with Gasteiger partial charge in [-0.1, -0.05) is 29.8 Å². The van der Waals surface area contributed by atoms with E-state index in [0.29, 0.717) is 21.6 Å². The first kappa shape index (κ1) is 19.8. The molecule has 0 fully saturated rings. The van der Waals surface area contributed by atoms with Gasteiger partial charge in [0.05, 0.1) is 27.2 Å². The second-order valence-electron chi connectivity index (χ2n) is 7.00. The minimum atomic E-state index is -0.636. The van der Waals surface area contributed by atoms with Crippen LogP contribution in [0.15, 0.2) is 94.8 Å². The van der Waals surface area contributed by atoms with Gasteiger partial charge < -0.3 is 0 Å². The molecule has 0 unspecified atom stereocenters. The average Bonchev–Trinajstić information content (AvgIpc) is 2.80. The molecule has 0 amide bonds. The molecule has 32 heavy (non-hydrogen) atoms. The van der Waals surface area contributed by atoms with Crippen LogP contribution in [0.5, 0.6) is 0 Å². The van der Waals surface area contributed by atoms with Crippen molar-refractivity contribution < 1.29 is 4.39 Å². The number of benzene rings is 2. The first-order chi connectivity index (χ1) is 15.5. The number of para-hydroxylation sites is 1. The molecule has 0 atom stereocenters. The fourth-order valence-electron chi connectivity index (χ4n) is 3.50. The van der Waals surface area contributed by atoms with Crippen molar-refractivity contribution in [2.75, 3.05) is 0 Å². The highest BCUT2D eigenvalue weighted by atomic mass is 35.5. The zero-order valence-electron chi connectivity index (χ0n) is 16.4. The molecule has 5 aromatic rings. The normalized spacial score (nSPS) is 11.1. The maximum absolute atomic E-state index is 15.3. The number of hydrogen-bond donors (Lipinski definition) is 0. The van der Waals surface area contributed by atoms with Crippen LogP contribution in [0.4, 0.5) is 4.39 Å². The number of halogens is 2. The Balaban J connectivity index is 1.78.